The van der Waals surface area contributed by atoms with Crippen LogP contribution in [0.1, 0.15) is 49.4 Å². The fourth-order valence-corrected chi connectivity index (χ4v) is 6.03. The number of aromatic nitrogens is 1. The molecule has 0 spiro atoms. The third-order valence-corrected chi connectivity index (χ3v) is 7.44. The van der Waals surface area contributed by atoms with Gasteiger partial charge in [-0.15, -0.1) is 11.3 Å². The van der Waals surface area contributed by atoms with Crippen molar-refractivity contribution in [3.8, 4) is 0 Å². The van der Waals surface area contributed by atoms with E-state index in [4.69, 9.17) is 11.6 Å². The average Bonchev–Trinajstić information content (AvgIpc) is 3.33. The van der Waals surface area contributed by atoms with E-state index in [1.807, 2.05) is 0 Å². The molecule has 1 atom stereocenters. The summed E-state index contributed by atoms with van der Waals surface area (Å²) in [6, 6.07) is 12.1. The van der Waals surface area contributed by atoms with Gasteiger partial charge in [-0.3, -0.25) is 19.4 Å². The molecule has 0 aliphatic carbocycles. The highest BCUT2D eigenvalue weighted by atomic mass is 35.5. The minimum atomic E-state index is -2.78. The number of thiophene rings is 1. The molecular weight excluding hydrogens is 487 g/mol. The summed E-state index contributed by atoms with van der Waals surface area (Å²) >= 11 is 6.97. The molecule has 0 fully saturated rings. The zero-order valence-electron chi connectivity index (χ0n) is 17.4. The first-order chi connectivity index (χ1) is 16.3. The first kappa shape index (κ1) is 21.1. The molecule has 5 nitrogen and oxygen atoms in total. The van der Waals surface area contributed by atoms with E-state index in [0.29, 0.717) is 33.5 Å². The number of alkyl halides is 2. The second kappa shape index (κ2) is 7.28. The van der Waals surface area contributed by atoms with Gasteiger partial charge in [0, 0.05) is 22.2 Å². The summed E-state index contributed by atoms with van der Waals surface area (Å²) in [6.07, 6.45) is -3.63. The SMILES string of the molecule is Cc1cc(C(F)F)nc2sc3c(c12)N1C(=O)c2ccccc2[C@@H]1N(c1ccc(F)c(Cl)c1)C3=O. The van der Waals surface area contributed by atoms with E-state index in [2.05, 4.69) is 4.98 Å². The third kappa shape index (κ3) is 2.77. The lowest BCUT2D eigenvalue weighted by atomic mass is 10.0. The Morgan fingerprint density at radius 2 is 1.82 bits per heavy atom. The number of benzene rings is 2. The number of aryl methyl sites for hydroxylation is 1. The molecule has 0 saturated heterocycles. The Hall–Kier alpha value is -3.43. The number of hydrogen-bond acceptors (Lipinski definition) is 4. The lowest BCUT2D eigenvalue weighted by Gasteiger charge is -2.39. The van der Waals surface area contributed by atoms with Crippen molar-refractivity contribution in [1.29, 1.82) is 0 Å². The van der Waals surface area contributed by atoms with Gasteiger partial charge < -0.3 is 0 Å². The molecule has 170 valence electrons. The van der Waals surface area contributed by atoms with Crippen LogP contribution < -0.4 is 9.80 Å². The molecule has 2 amide bonds. The van der Waals surface area contributed by atoms with Crippen LogP contribution in [0.3, 0.4) is 0 Å². The van der Waals surface area contributed by atoms with Gasteiger partial charge in [0.1, 0.15) is 27.4 Å². The van der Waals surface area contributed by atoms with Gasteiger partial charge in [-0.05, 0) is 42.8 Å². The number of amides is 2. The Morgan fingerprint density at radius 1 is 1.06 bits per heavy atom. The number of anilines is 2. The lowest BCUT2D eigenvalue weighted by Crippen LogP contribution is -2.48. The van der Waals surface area contributed by atoms with Gasteiger partial charge >= 0.3 is 0 Å². The third-order valence-electron chi connectivity index (χ3n) is 6.09. The van der Waals surface area contributed by atoms with Gasteiger partial charge in [0.05, 0.1) is 10.7 Å². The van der Waals surface area contributed by atoms with Crippen molar-refractivity contribution in [3.63, 3.8) is 0 Å². The number of fused-ring (bicyclic) bond motifs is 7. The smallest absolute Gasteiger partial charge is 0.280 e. The maximum Gasteiger partial charge on any atom is 0.280 e. The largest absolute Gasteiger partial charge is 0.282 e. The van der Waals surface area contributed by atoms with Crippen LogP contribution in [0.4, 0.5) is 24.5 Å². The number of rotatable bonds is 2. The van der Waals surface area contributed by atoms with Crippen LogP contribution in [0.5, 0.6) is 0 Å². The van der Waals surface area contributed by atoms with Crippen molar-refractivity contribution < 1.29 is 22.8 Å². The highest BCUT2D eigenvalue weighted by Gasteiger charge is 2.50. The zero-order chi connectivity index (χ0) is 23.9. The Morgan fingerprint density at radius 3 is 2.56 bits per heavy atom. The molecule has 2 aliphatic heterocycles. The summed E-state index contributed by atoms with van der Waals surface area (Å²) in [5.74, 6) is -1.43. The van der Waals surface area contributed by atoms with Crippen LogP contribution in [0.25, 0.3) is 10.2 Å². The van der Waals surface area contributed by atoms with E-state index >= 15 is 0 Å². The van der Waals surface area contributed by atoms with E-state index in [0.717, 1.165) is 17.4 Å². The summed E-state index contributed by atoms with van der Waals surface area (Å²) in [5.41, 5.74) is 1.77. The van der Waals surface area contributed by atoms with Crippen molar-refractivity contribution >= 4 is 56.3 Å². The zero-order valence-corrected chi connectivity index (χ0v) is 18.9. The minimum absolute atomic E-state index is 0.171. The van der Waals surface area contributed by atoms with E-state index in [1.165, 1.54) is 28.0 Å². The molecule has 4 heterocycles. The Balaban J connectivity index is 1.67. The van der Waals surface area contributed by atoms with Crippen LogP contribution in [0.15, 0.2) is 48.5 Å². The van der Waals surface area contributed by atoms with Crippen molar-refractivity contribution in [2.75, 3.05) is 9.80 Å². The fraction of sp³-hybridized carbons (Fsp3) is 0.125. The monoisotopic (exact) mass is 499 g/mol. The van der Waals surface area contributed by atoms with Crippen molar-refractivity contribution in [2.45, 2.75) is 19.5 Å². The van der Waals surface area contributed by atoms with E-state index in [1.54, 1.807) is 31.2 Å². The summed E-state index contributed by atoms with van der Waals surface area (Å²) in [5, 5.41) is 0.316. The van der Waals surface area contributed by atoms with Crippen LogP contribution in [0.2, 0.25) is 5.02 Å². The molecule has 34 heavy (non-hydrogen) atoms. The number of carbonyl (C=O) groups is 2. The fourth-order valence-electron chi connectivity index (χ4n) is 4.66. The first-order valence-corrected chi connectivity index (χ1v) is 11.4. The number of carbonyl (C=O) groups excluding carboxylic acids is 2. The van der Waals surface area contributed by atoms with Gasteiger partial charge in [0.25, 0.3) is 18.2 Å². The number of nitrogens with zero attached hydrogens (tertiary/aromatic N) is 3. The molecule has 0 radical (unpaired) electrons. The molecule has 4 aromatic rings. The van der Waals surface area contributed by atoms with Crippen LogP contribution in [-0.2, 0) is 0 Å². The van der Waals surface area contributed by atoms with E-state index in [-0.39, 0.29) is 20.6 Å². The molecule has 0 N–H and O–H groups in total. The maximum atomic E-state index is 13.9. The van der Waals surface area contributed by atoms with Crippen LogP contribution in [0, 0.1) is 12.7 Å². The molecule has 6 rings (SSSR count). The molecule has 2 aliphatic rings. The van der Waals surface area contributed by atoms with Gasteiger partial charge in [0.15, 0.2) is 0 Å². The molecular formula is C24H13ClF3N3O2S. The molecule has 10 heteroatoms. The van der Waals surface area contributed by atoms with Crippen LogP contribution >= 0.6 is 22.9 Å². The van der Waals surface area contributed by atoms with E-state index < -0.39 is 30.0 Å². The maximum absolute atomic E-state index is 13.9. The Kier molecular flexibility index (Phi) is 4.53. The minimum Gasteiger partial charge on any atom is -0.282 e. The summed E-state index contributed by atoms with van der Waals surface area (Å²) in [4.78, 5) is 34.8. The lowest BCUT2D eigenvalue weighted by molar-refractivity contribution is 0.0952. The normalized spacial score (nSPS) is 16.9. The van der Waals surface area contributed by atoms with Crippen molar-refractivity contribution in [3.05, 3.63) is 86.6 Å². The molecule has 0 saturated carbocycles. The van der Waals surface area contributed by atoms with Gasteiger partial charge in [-0.25, -0.2) is 18.2 Å². The summed E-state index contributed by atoms with van der Waals surface area (Å²) < 4.78 is 40.7. The quantitative estimate of drug-likeness (QED) is 0.310. The predicted octanol–water partition coefficient (Wildman–Crippen LogP) is 6.65. The summed E-state index contributed by atoms with van der Waals surface area (Å²) in [6.45, 7) is 1.65. The second-order valence-corrected chi connectivity index (χ2v) is 9.44. The predicted molar refractivity (Wildman–Crippen MR) is 124 cm³/mol. The number of pyridine rings is 1. The van der Waals surface area contributed by atoms with Gasteiger partial charge in [-0.2, -0.15) is 0 Å². The second-order valence-electron chi connectivity index (χ2n) is 8.03. The van der Waals surface area contributed by atoms with Crippen molar-refractivity contribution in [2.24, 2.45) is 0 Å². The highest BCUT2D eigenvalue weighted by Crippen LogP contribution is 2.52. The number of halogens is 4. The highest BCUT2D eigenvalue weighted by molar-refractivity contribution is 7.21. The topological polar surface area (TPSA) is 53.5 Å². The summed E-state index contributed by atoms with van der Waals surface area (Å²) in [7, 11) is 0. The molecule has 2 aromatic heterocycles. The Labute approximate surface area is 200 Å². The standard InChI is InChI=1S/C24H13ClF3N3O2S/c1-10-8-16(20(27)28)29-21-17(10)18-19(34-21)24(33)30(11-6-7-15(26)14(25)9-11)22-12-4-2-3-5-13(12)23(32)31(18)22/h2-9,20,22H,1H3/t22-/m1/s1. The first-order valence-electron chi connectivity index (χ1n) is 10.2. The average molecular weight is 500 g/mol. The Bertz CT molecular complexity index is 1550. The van der Waals surface area contributed by atoms with Gasteiger partial charge in [0.2, 0.25) is 0 Å². The van der Waals surface area contributed by atoms with E-state index in [9.17, 15) is 22.8 Å². The van der Waals surface area contributed by atoms with Crippen molar-refractivity contribution in [1.82, 2.24) is 4.98 Å². The molecule has 2 aromatic carbocycles. The van der Waals surface area contributed by atoms with Crippen LogP contribution in [-0.4, -0.2) is 16.8 Å². The molecule has 0 bridgehead atoms. The van der Waals surface area contributed by atoms with Gasteiger partial charge in [-0.1, -0.05) is 29.8 Å². The molecule has 0 unspecified atom stereocenters. The number of hydrogen-bond donors (Lipinski definition) is 0.